The molecule has 7 rings (SSSR count). The van der Waals surface area contributed by atoms with Crippen LogP contribution in [-0.4, -0.2) is 37.5 Å². The van der Waals surface area contributed by atoms with E-state index >= 15 is 0 Å². The SMILES string of the molecule is CCCOc1ccc(Cl)cc1/C=C1\C(=O)NC(=O)N(c2cc3c4c(c2)[C@H](c2ccccc2)CCN4CC[C@H]3c2ccccc2)C1=O. The maximum absolute atomic E-state index is 14.2. The van der Waals surface area contributed by atoms with Gasteiger partial charge < -0.3 is 9.64 Å². The summed E-state index contributed by atoms with van der Waals surface area (Å²) in [7, 11) is 0. The van der Waals surface area contributed by atoms with E-state index in [2.05, 4.69) is 34.5 Å². The number of carbonyl (C=O) groups excluding carboxylic acids is 3. The summed E-state index contributed by atoms with van der Waals surface area (Å²) in [5.41, 5.74) is 6.47. The van der Waals surface area contributed by atoms with Crippen LogP contribution in [0, 0.1) is 0 Å². The molecule has 0 bridgehead atoms. The molecule has 4 amide bonds. The van der Waals surface area contributed by atoms with Crippen LogP contribution < -0.4 is 19.9 Å². The Hall–Kier alpha value is -4.88. The van der Waals surface area contributed by atoms with Crippen molar-refractivity contribution in [1.82, 2.24) is 5.32 Å². The summed E-state index contributed by atoms with van der Waals surface area (Å²) >= 11 is 6.30. The third-order valence-electron chi connectivity index (χ3n) is 9.09. The Kier molecular flexibility index (Phi) is 8.09. The molecule has 3 heterocycles. The Morgan fingerprint density at radius 2 is 1.46 bits per heavy atom. The second-order valence-electron chi connectivity index (χ2n) is 12.0. The van der Waals surface area contributed by atoms with Gasteiger partial charge in [0.1, 0.15) is 11.3 Å². The van der Waals surface area contributed by atoms with E-state index in [9.17, 15) is 14.4 Å². The molecule has 0 unspecified atom stereocenters. The van der Waals surface area contributed by atoms with Crippen LogP contribution in [0.2, 0.25) is 5.02 Å². The van der Waals surface area contributed by atoms with Crippen LogP contribution in [-0.2, 0) is 9.59 Å². The second kappa shape index (κ2) is 12.5. The van der Waals surface area contributed by atoms with E-state index in [1.807, 2.05) is 55.5 Å². The van der Waals surface area contributed by atoms with Gasteiger partial charge in [0.25, 0.3) is 11.8 Å². The van der Waals surface area contributed by atoms with Crippen molar-refractivity contribution in [2.45, 2.75) is 38.0 Å². The summed E-state index contributed by atoms with van der Waals surface area (Å²) in [6, 6.07) is 29.0. The molecule has 7 nitrogen and oxygen atoms in total. The van der Waals surface area contributed by atoms with Gasteiger partial charge in [-0.1, -0.05) is 79.2 Å². The number of anilines is 2. The number of nitrogens with zero attached hydrogens (tertiary/aromatic N) is 2. The maximum Gasteiger partial charge on any atom is 0.335 e. The quantitative estimate of drug-likeness (QED) is 0.167. The number of amides is 4. The monoisotopic (exact) mass is 631 g/mol. The number of halogens is 1. The predicted octanol–water partition coefficient (Wildman–Crippen LogP) is 7.67. The molecule has 0 radical (unpaired) electrons. The lowest BCUT2D eigenvalue weighted by molar-refractivity contribution is -0.122. The first-order chi connectivity index (χ1) is 22.4. The Morgan fingerprint density at radius 3 is 2.04 bits per heavy atom. The zero-order valence-corrected chi connectivity index (χ0v) is 26.3. The summed E-state index contributed by atoms with van der Waals surface area (Å²) in [5.74, 6) is -0.784. The van der Waals surface area contributed by atoms with E-state index in [1.165, 1.54) is 22.9 Å². The van der Waals surface area contributed by atoms with Crippen LogP contribution in [0.3, 0.4) is 0 Å². The van der Waals surface area contributed by atoms with Crippen molar-refractivity contribution in [3.8, 4) is 5.75 Å². The van der Waals surface area contributed by atoms with Crippen molar-refractivity contribution in [3.63, 3.8) is 0 Å². The van der Waals surface area contributed by atoms with Gasteiger partial charge in [-0.05, 0) is 77.9 Å². The van der Waals surface area contributed by atoms with Crippen LogP contribution in [0.1, 0.15) is 65.8 Å². The largest absolute Gasteiger partial charge is 0.493 e. The van der Waals surface area contributed by atoms with E-state index in [1.54, 1.807) is 18.2 Å². The summed E-state index contributed by atoms with van der Waals surface area (Å²) in [6.45, 7) is 4.30. The molecule has 4 aromatic carbocycles. The minimum absolute atomic E-state index is 0.0880. The van der Waals surface area contributed by atoms with Gasteiger partial charge in [-0.15, -0.1) is 0 Å². The lowest BCUT2D eigenvalue weighted by Gasteiger charge is -2.44. The number of ether oxygens (including phenoxy) is 1. The van der Waals surface area contributed by atoms with E-state index in [0.29, 0.717) is 28.6 Å². The molecule has 0 aliphatic carbocycles. The number of benzene rings is 4. The first-order valence-corrected chi connectivity index (χ1v) is 16.2. The van der Waals surface area contributed by atoms with Crippen molar-refractivity contribution < 1.29 is 19.1 Å². The van der Waals surface area contributed by atoms with Gasteiger partial charge in [0.2, 0.25) is 0 Å². The van der Waals surface area contributed by atoms with E-state index in [0.717, 1.165) is 48.4 Å². The number of barbiturate groups is 1. The molecule has 2 atom stereocenters. The lowest BCUT2D eigenvalue weighted by atomic mass is 9.76. The third kappa shape index (κ3) is 5.45. The summed E-state index contributed by atoms with van der Waals surface area (Å²) < 4.78 is 5.87. The number of hydrogen-bond acceptors (Lipinski definition) is 5. The smallest absolute Gasteiger partial charge is 0.335 e. The molecule has 46 heavy (non-hydrogen) atoms. The van der Waals surface area contributed by atoms with Gasteiger partial charge in [-0.2, -0.15) is 0 Å². The molecule has 1 N–H and O–H groups in total. The van der Waals surface area contributed by atoms with Crippen molar-refractivity contribution >= 4 is 46.9 Å². The fourth-order valence-electron chi connectivity index (χ4n) is 6.99. The van der Waals surface area contributed by atoms with Gasteiger partial charge in [0.15, 0.2) is 0 Å². The Bertz CT molecular complexity index is 1780. The molecule has 0 saturated carbocycles. The predicted molar refractivity (Wildman–Crippen MR) is 181 cm³/mol. The van der Waals surface area contributed by atoms with Gasteiger partial charge in [0.05, 0.1) is 12.3 Å². The van der Waals surface area contributed by atoms with Crippen LogP contribution in [0.5, 0.6) is 5.75 Å². The van der Waals surface area contributed by atoms with Crippen molar-refractivity contribution in [3.05, 3.63) is 129 Å². The Labute approximate surface area is 273 Å². The summed E-state index contributed by atoms with van der Waals surface area (Å²) in [6.07, 6.45) is 4.06. The summed E-state index contributed by atoms with van der Waals surface area (Å²) in [5, 5.41) is 2.84. The summed E-state index contributed by atoms with van der Waals surface area (Å²) in [4.78, 5) is 44.4. The third-order valence-corrected chi connectivity index (χ3v) is 9.33. The van der Waals surface area contributed by atoms with Crippen LogP contribution in [0.4, 0.5) is 16.2 Å². The number of urea groups is 1. The number of hydrogen-bond donors (Lipinski definition) is 1. The van der Waals surface area contributed by atoms with E-state index < -0.39 is 17.8 Å². The van der Waals surface area contributed by atoms with Crippen LogP contribution in [0.25, 0.3) is 6.08 Å². The molecular weight excluding hydrogens is 598 g/mol. The average molecular weight is 632 g/mol. The molecule has 8 heteroatoms. The topological polar surface area (TPSA) is 79.0 Å². The average Bonchev–Trinajstić information content (AvgIpc) is 3.07. The second-order valence-corrected chi connectivity index (χ2v) is 12.4. The van der Waals surface area contributed by atoms with Crippen molar-refractivity contribution in [2.24, 2.45) is 0 Å². The Morgan fingerprint density at radius 1 is 0.848 bits per heavy atom. The zero-order chi connectivity index (χ0) is 31.8. The van der Waals surface area contributed by atoms with Crippen LogP contribution >= 0.6 is 11.6 Å². The lowest BCUT2D eigenvalue weighted by Crippen LogP contribution is -2.54. The first kappa shape index (κ1) is 29.8. The van der Waals surface area contributed by atoms with Crippen molar-refractivity contribution in [2.75, 3.05) is 29.5 Å². The minimum Gasteiger partial charge on any atom is -0.493 e. The zero-order valence-electron chi connectivity index (χ0n) is 25.5. The highest BCUT2D eigenvalue weighted by atomic mass is 35.5. The molecule has 3 aliphatic rings. The van der Waals surface area contributed by atoms with Crippen LogP contribution in [0.15, 0.2) is 96.6 Å². The standard InChI is InChI=1S/C38H34ClN3O4/c1-2-19-46-34-14-13-27(39)20-26(34)21-33-36(43)40-38(45)42(37(33)44)28-22-31-29(24-9-5-3-6-10-24)15-17-41-18-16-30(32(23-28)35(31)41)25-11-7-4-8-12-25/h3-14,20-23,29-30H,2,15-19H2,1H3,(H,40,43,45)/b33-21+/t29-,30-/m0/s1. The minimum atomic E-state index is -0.774. The molecule has 232 valence electrons. The molecule has 0 spiro atoms. The van der Waals surface area contributed by atoms with Gasteiger partial charge in [-0.3, -0.25) is 14.9 Å². The number of rotatable bonds is 7. The number of nitrogens with one attached hydrogen (secondary N) is 1. The van der Waals surface area contributed by atoms with E-state index in [4.69, 9.17) is 16.3 Å². The molecular formula is C38H34ClN3O4. The van der Waals surface area contributed by atoms with E-state index in [-0.39, 0.29) is 17.4 Å². The van der Waals surface area contributed by atoms with Gasteiger partial charge in [0, 0.05) is 41.2 Å². The molecule has 3 aliphatic heterocycles. The van der Waals surface area contributed by atoms with Gasteiger partial charge in [-0.25, -0.2) is 9.69 Å². The molecule has 1 saturated heterocycles. The molecule has 1 fully saturated rings. The number of carbonyl (C=O) groups is 3. The van der Waals surface area contributed by atoms with Gasteiger partial charge >= 0.3 is 6.03 Å². The highest BCUT2D eigenvalue weighted by Crippen LogP contribution is 2.50. The number of imide groups is 2. The maximum atomic E-state index is 14.2. The normalized spacial score (nSPS) is 20.0. The highest BCUT2D eigenvalue weighted by Gasteiger charge is 2.40. The first-order valence-electron chi connectivity index (χ1n) is 15.8. The molecule has 0 aromatic heterocycles. The fourth-order valence-corrected chi connectivity index (χ4v) is 7.17. The van der Waals surface area contributed by atoms with Crippen molar-refractivity contribution in [1.29, 1.82) is 0 Å². The Balaban J connectivity index is 1.37. The molecule has 4 aromatic rings. The fraction of sp³-hybridized carbons (Fsp3) is 0.237. The highest BCUT2D eigenvalue weighted by molar-refractivity contribution is 6.39.